The van der Waals surface area contributed by atoms with E-state index in [1.165, 1.54) is 28.5 Å². The summed E-state index contributed by atoms with van der Waals surface area (Å²) >= 11 is 1.45. The summed E-state index contributed by atoms with van der Waals surface area (Å²) in [7, 11) is 0. The first-order chi connectivity index (χ1) is 14.1. The third-order valence-electron chi connectivity index (χ3n) is 4.33. The molecule has 170 valence electrons. The van der Waals surface area contributed by atoms with Gasteiger partial charge in [0.25, 0.3) is 0 Å². The standard InChI is InChI=1S/C22H37N3O4S/c1-16(2)7-5-8-17(3)9-6-10-18(4)13-14-30-15-19(22(28)29)24-20(26)11-12-21(27)25-23/h7,9,13,19H,5-6,8,10-12,14-15,23H2,1-4H3,(H,24,26)(H,25,27)(H,28,29). The Hall–Kier alpha value is -2.06. The van der Waals surface area contributed by atoms with Crippen LogP contribution in [0.25, 0.3) is 0 Å². The lowest BCUT2D eigenvalue weighted by Gasteiger charge is -2.13. The molecule has 0 aromatic heterocycles. The number of carboxylic acid groups (broad SMARTS) is 1. The summed E-state index contributed by atoms with van der Waals surface area (Å²) in [5, 5.41) is 11.7. The fourth-order valence-electron chi connectivity index (χ4n) is 2.47. The number of amides is 2. The predicted octanol–water partition coefficient (Wildman–Crippen LogP) is 3.48. The number of aliphatic carboxylic acids is 1. The van der Waals surface area contributed by atoms with Gasteiger partial charge in [0.2, 0.25) is 11.8 Å². The smallest absolute Gasteiger partial charge is 0.327 e. The molecule has 2 amide bonds. The molecule has 0 radical (unpaired) electrons. The first-order valence-corrected chi connectivity index (χ1v) is 11.3. The fraction of sp³-hybridized carbons (Fsp3) is 0.591. The first-order valence-electron chi connectivity index (χ1n) is 10.2. The van der Waals surface area contributed by atoms with Crippen LogP contribution in [0.3, 0.4) is 0 Å². The van der Waals surface area contributed by atoms with Crippen molar-refractivity contribution >= 4 is 29.5 Å². The number of nitrogens with two attached hydrogens (primary N) is 1. The van der Waals surface area contributed by atoms with Crippen LogP contribution in [0, 0.1) is 0 Å². The van der Waals surface area contributed by atoms with Gasteiger partial charge in [-0.2, -0.15) is 11.8 Å². The van der Waals surface area contributed by atoms with Crippen LogP contribution in [0.4, 0.5) is 0 Å². The van der Waals surface area contributed by atoms with Gasteiger partial charge in [0.05, 0.1) is 0 Å². The van der Waals surface area contributed by atoms with Crippen molar-refractivity contribution in [3.63, 3.8) is 0 Å². The summed E-state index contributed by atoms with van der Waals surface area (Å²) in [6.07, 6.45) is 10.6. The number of thioether (sulfide) groups is 1. The highest BCUT2D eigenvalue weighted by molar-refractivity contribution is 7.99. The van der Waals surface area contributed by atoms with Crippen LogP contribution in [-0.2, 0) is 14.4 Å². The minimum Gasteiger partial charge on any atom is -0.480 e. The molecule has 30 heavy (non-hydrogen) atoms. The van der Waals surface area contributed by atoms with Gasteiger partial charge in [0, 0.05) is 24.3 Å². The van der Waals surface area contributed by atoms with Crippen LogP contribution in [0.2, 0.25) is 0 Å². The lowest BCUT2D eigenvalue weighted by molar-refractivity contribution is -0.141. The lowest BCUT2D eigenvalue weighted by atomic mass is 10.1. The van der Waals surface area contributed by atoms with Crippen molar-refractivity contribution in [3.05, 3.63) is 34.9 Å². The van der Waals surface area contributed by atoms with E-state index in [4.69, 9.17) is 5.84 Å². The molecule has 0 rings (SSSR count). The Bertz CT molecular complexity index is 653. The molecule has 0 aliphatic heterocycles. The number of hydrazine groups is 1. The maximum absolute atomic E-state index is 11.8. The molecule has 0 heterocycles. The van der Waals surface area contributed by atoms with Crippen LogP contribution < -0.4 is 16.6 Å². The quantitative estimate of drug-likeness (QED) is 0.102. The van der Waals surface area contributed by atoms with Gasteiger partial charge in [-0.05, 0) is 53.4 Å². The highest BCUT2D eigenvalue weighted by atomic mass is 32.2. The van der Waals surface area contributed by atoms with Gasteiger partial charge in [-0.15, -0.1) is 0 Å². The molecule has 5 N–H and O–H groups in total. The molecule has 0 aliphatic rings. The third kappa shape index (κ3) is 15.8. The van der Waals surface area contributed by atoms with Gasteiger partial charge in [-0.3, -0.25) is 15.0 Å². The van der Waals surface area contributed by atoms with E-state index < -0.39 is 23.8 Å². The monoisotopic (exact) mass is 439 g/mol. The minimum absolute atomic E-state index is 0.0768. The summed E-state index contributed by atoms with van der Waals surface area (Å²) in [5.74, 6) is 3.86. The highest BCUT2D eigenvalue weighted by Crippen LogP contribution is 2.13. The summed E-state index contributed by atoms with van der Waals surface area (Å²) in [6.45, 7) is 8.46. The predicted molar refractivity (Wildman–Crippen MR) is 124 cm³/mol. The molecule has 7 nitrogen and oxygen atoms in total. The maximum Gasteiger partial charge on any atom is 0.327 e. The van der Waals surface area contributed by atoms with Crippen molar-refractivity contribution < 1.29 is 19.5 Å². The maximum atomic E-state index is 11.8. The molecule has 0 aromatic rings. The fourth-order valence-corrected chi connectivity index (χ4v) is 3.47. The van der Waals surface area contributed by atoms with Crippen LogP contribution in [0.15, 0.2) is 34.9 Å². The number of allylic oxidation sites excluding steroid dienone is 5. The number of carboxylic acids is 1. The molecule has 8 heteroatoms. The van der Waals surface area contributed by atoms with Crippen molar-refractivity contribution in [1.82, 2.24) is 10.7 Å². The van der Waals surface area contributed by atoms with Crippen molar-refractivity contribution in [2.45, 2.75) is 72.3 Å². The number of hydrogen-bond acceptors (Lipinski definition) is 5. The van der Waals surface area contributed by atoms with Crippen LogP contribution >= 0.6 is 11.8 Å². The molecule has 0 spiro atoms. The van der Waals surface area contributed by atoms with Gasteiger partial charge >= 0.3 is 5.97 Å². The average Bonchev–Trinajstić information content (AvgIpc) is 2.67. The van der Waals surface area contributed by atoms with E-state index in [-0.39, 0.29) is 18.6 Å². The molecule has 1 atom stereocenters. The second-order valence-corrected chi connectivity index (χ2v) is 8.60. The zero-order chi connectivity index (χ0) is 22.9. The Labute approximate surface area is 184 Å². The molecule has 0 bridgehead atoms. The Balaban J connectivity index is 4.22. The molecule has 0 saturated carbocycles. The van der Waals surface area contributed by atoms with Crippen molar-refractivity contribution in [3.8, 4) is 0 Å². The number of carbonyl (C=O) groups excluding carboxylic acids is 2. The molecule has 0 saturated heterocycles. The van der Waals surface area contributed by atoms with Crippen molar-refractivity contribution in [1.29, 1.82) is 0 Å². The van der Waals surface area contributed by atoms with Crippen molar-refractivity contribution in [2.75, 3.05) is 11.5 Å². The van der Waals surface area contributed by atoms with E-state index in [0.717, 1.165) is 25.7 Å². The van der Waals surface area contributed by atoms with Gasteiger partial charge in [-0.25, -0.2) is 10.6 Å². The van der Waals surface area contributed by atoms with E-state index >= 15 is 0 Å². The Kier molecular flexibility index (Phi) is 15.6. The summed E-state index contributed by atoms with van der Waals surface area (Å²) in [4.78, 5) is 34.1. The van der Waals surface area contributed by atoms with E-state index in [1.807, 2.05) is 5.43 Å². The topological polar surface area (TPSA) is 122 Å². The zero-order valence-corrected chi connectivity index (χ0v) is 19.4. The number of carbonyl (C=O) groups is 3. The van der Waals surface area contributed by atoms with Gasteiger partial charge in [0.15, 0.2) is 0 Å². The van der Waals surface area contributed by atoms with E-state index in [1.54, 1.807) is 0 Å². The second kappa shape index (κ2) is 16.7. The van der Waals surface area contributed by atoms with E-state index in [9.17, 15) is 19.5 Å². The largest absolute Gasteiger partial charge is 0.480 e. The number of nitrogens with one attached hydrogen (secondary N) is 2. The number of hydrogen-bond donors (Lipinski definition) is 4. The van der Waals surface area contributed by atoms with Crippen LogP contribution in [-0.4, -0.2) is 40.4 Å². The third-order valence-corrected chi connectivity index (χ3v) is 5.30. The van der Waals surface area contributed by atoms with Crippen LogP contribution in [0.5, 0.6) is 0 Å². The Morgan fingerprint density at radius 2 is 1.47 bits per heavy atom. The molecular formula is C22H37N3O4S. The molecule has 0 aromatic carbocycles. The van der Waals surface area contributed by atoms with E-state index in [2.05, 4.69) is 51.2 Å². The SMILES string of the molecule is CC(C)=CCCC(C)=CCCC(C)=CCSCC(NC(=O)CCC(=O)NN)C(=O)O. The normalized spacial score (nSPS) is 12.8. The van der Waals surface area contributed by atoms with Gasteiger partial charge in [0.1, 0.15) is 6.04 Å². The Morgan fingerprint density at radius 1 is 0.900 bits per heavy atom. The van der Waals surface area contributed by atoms with Gasteiger partial charge in [-0.1, -0.05) is 34.9 Å². The molecule has 0 fully saturated rings. The number of rotatable bonds is 15. The Morgan fingerprint density at radius 3 is 2.03 bits per heavy atom. The van der Waals surface area contributed by atoms with E-state index in [0.29, 0.717) is 5.75 Å². The lowest BCUT2D eigenvalue weighted by Crippen LogP contribution is -2.43. The molecule has 1 unspecified atom stereocenters. The summed E-state index contributed by atoms with van der Waals surface area (Å²) < 4.78 is 0. The van der Waals surface area contributed by atoms with Gasteiger partial charge < -0.3 is 10.4 Å². The average molecular weight is 440 g/mol. The zero-order valence-electron chi connectivity index (χ0n) is 18.6. The minimum atomic E-state index is -1.09. The first kappa shape index (κ1) is 27.9. The molecule has 0 aliphatic carbocycles. The highest BCUT2D eigenvalue weighted by Gasteiger charge is 2.19. The van der Waals surface area contributed by atoms with Crippen molar-refractivity contribution in [2.24, 2.45) is 5.84 Å². The second-order valence-electron chi connectivity index (χ2n) is 7.52. The summed E-state index contributed by atoms with van der Waals surface area (Å²) in [6, 6.07) is -0.983. The van der Waals surface area contributed by atoms with Crippen LogP contribution in [0.1, 0.15) is 66.2 Å². The summed E-state index contributed by atoms with van der Waals surface area (Å²) in [5.41, 5.74) is 5.95. The molecular weight excluding hydrogens is 402 g/mol.